The number of hydrogen-bond donors (Lipinski definition) is 0. The normalized spacial score (nSPS) is 10.2. The summed E-state index contributed by atoms with van der Waals surface area (Å²) in [5.74, 6) is -2.20. The van der Waals surface area contributed by atoms with E-state index in [4.69, 9.17) is 47.4 Å². The van der Waals surface area contributed by atoms with Crippen LogP contribution >= 0.6 is 0 Å². The first-order valence-electron chi connectivity index (χ1n) is 40.6. The number of carbonyl (C=O) groups is 10. The van der Waals surface area contributed by atoms with E-state index in [-0.39, 0.29) is 26.4 Å². The van der Waals surface area contributed by atoms with Gasteiger partial charge in [0.05, 0.1) is 12.2 Å². The molecule has 0 unspecified atom stereocenters. The van der Waals surface area contributed by atoms with Crippen molar-refractivity contribution in [2.45, 2.75) is 34.1 Å². The van der Waals surface area contributed by atoms with Crippen molar-refractivity contribution in [3.63, 3.8) is 0 Å². The summed E-state index contributed by atoms with van der Waals surface area (Å²) in [6, 6.07) is 91.5. The fourth-order valence-corrected chi connectivity index (χ4v) is 11.7. The minimum atomic E-state index is -0.690. The van der Waals surface area contributed by atoms with Gasteiger partial charge in [-0.1, -0.05) is 235 Å². The molecule has 0 aliphatic carbocycles. The molecule has 0 radical (unpaired) electrons. The Bertz CT molecular complexity index is 6100. The molecule has 21 heteroatoms. The summed E-state index contributed by atoms with van der Waals surface area (Å²) in [5, 5.41) is 0. The van der Waals surface area contributed by atoms with Gasteiger partial charge in [0.2, 0.25) is 0 Å². The molecular formula is C109H94O21. The van der Waals surface area contributed by atoms with E-state index in [0.29, 0.717) is 75.4 Å². The maximum atomic E-state index is 12.2. The van der Waals surface area contributed by atoms with Gasteiger partial charge in [0.1, 0.15) is 60.9 Å². The monoisotopic (exact) mass is 1740 g/mol. The zero-order valence-corrected chi connectivity index (χ0v) is 72.2. The zero-order valence-electron chi connectivity index (χ0n) is 72.2. The van der Waals surface area contributed by atoms with E-state index in [1.807, 2.05) is 188 Å². The van der Waals surface area contributed by atoms with Crippen LogP contribution in [-0.4, -0.2) is 99.3 Å². The number of carbonyl (C=O) groups excluding carboxylic acids is 10. The van der Waals surface area contributed by atoms with Gasteiger partial charge >= 0.3 is 59.7 Å². The molecule has 0 saturated heterocycles. The molecule has 12 rings (SSSR count). The molecule has 0 saturated carbocycles. The van der Waals surface area contributed by atoms with Gasteiger partial charge in [-0.05, 0) is 231 Å². The van der Waals surface area contributed by atoms with Crippen LogP contribution in [-0.2, 0) is 73.3 Å². The number of benzene rings is 12. The Kier molecular flexibility index (Phi) is 36.9. The summed E-state index contributed by atoms with van der Waals surface area (Å²) in [4.78, 5) is 115. The van der Waals surface area contributed by atoms with E-state index in [1.165, 1.54) is 6.08 Å². The maximum Gasteiger partial charge on any atom is 0.349 e. The van der Waals surface area contributed by atoms with Crippen LogP contribution in [0.15, 0.2) is 390 Å². The number of ether oxygens (including phenoxy) is 11. The predicted molar refractivity (Wildman–Crippen MR) is 501 cm³/mol. The molecule has 0 aliphatic rings. The highest BCUT2D eigenvalue weighted by Crippen LogP contribution is 2.35. The Hall–Kier alpha value is -16.9. The molecule has 0 aromatic heterocycles. The first kappa shape index (κ1) is 96.9. The molecule has 130 heavy (non-hydrogen) atoms. The van der Waals surface area contributed by atoms with Crippen LogP contribution in [0.25, 0.3) is 89.0 Å². The molecule has 0 aliphatic heterocycles. The van der Waals surface area contributed by atoms with Crippen LogP contribution in [0.3, 0.4) is 0 Å². The lowest BCUT2D eigenvalue weighted by molar-refractivity contribution is -0.150. The fourth-order valence-electron chi connectivity index (χ4n) is 11.7. The van der Waals surface area contributed by atoms with Gasteiger partial charge in [-0.3, -0.25) is 0 Å². The lowest BCUT2D eigenvalue weighted by Gasteiger charge is -2.09. The molecule has 12 aromatic rings. The van der Waals surface area contributed by atoms with Gasteiger partial charge in [-0.25, -0.2) is 47.9 Å². The van der Waals surface area contributed by atoms with Crippen molar-refractivity contribution in [1.29, 1.82) is 0 Å². The van der Waals surface area contributed by atoms with Crippen LogP contribution in [0.5, 0.6) is 34.5 Å². The molecular weight excluding hydrogens is 1650 g/mol. The quantitative estimate of drug-likeness (QED) is 0.0119. The van der Waals surface area contributed by atoms with E-state index >= 15 is 0 Å². The van der Waals surface area contributed by atoms with Crippen LogP contribution < -0.4 is 28.4 Å². The van der Waals surface area contributed by atoms with Gasteiger partial charge in [0, 0.05) is 53.0 Å². The van der Waals surface area contributed by atoms with E-state index < -0.39 is 66.3 Å². The smallest absolute Gasteiger partial charge is 0.349 e. The highest BCUT2D eigenvalue weighted by molar-refractivity contribution is 5.93. The first-order valence-corrected chi connectivity index (χ1v) is 40.6. The largest absolute Gasteiger partial charge is 0.490 e. The second-order valence-corrected chi connectivity index (χ2v) is 28.6. The molecule has 0 bridgehead atoms. The molecule has 656 valence electrons. The topological polar surface area (TPSA) is 272 Å². The predicted octanol–water partition coefficient (Wildman–Crippen LogP) is 21.9. The zero-order chi connectivity index (χ0) is 93.4. The van der Waals surface area contributed by atoms with Crippen molar-refractivity contribution >= 4 is 59.7 Å². The number of rotatable bonds is 34. The van der Waals surface area contributed by atoms with E-state index in [1.54, 1.807) is 100 Å². The van der Waals surface area contributed by atoms with Gasteiger partial charge in [0.15, 0.2) is 6.61 Å². The molecule has 0 atom stereocenters. The van der Waals surface area contributed by atoms with Gasteiger partial charge in [-0.15, -0.1) is 0 Å². The summed E-state index contributed by atoms with van der Waals surface area (Å²) in [6.45, 7) is 34.2. The molecule has 0 amide bonds. The third-order valence-electron chi connectivity index (χ3n) is 18.6. The Morgan fingerprint density at radius 2 is 0.477 bits per heavy atom. The Morgan fingerprint density at radius 1 is 0.246 bits per heavy atom. The highest BCUT2D eigenvalue weighted by atomic mass is 16.6. The average Bonchev–Trinajstić information content (AvgIpc) is 0.814. The molecule has 21 nitrogen and oxygen atoms in total. The second-order valence-electron chi connectivity index (χ2n) is 28.6. The summed E-state index contributed by atoms with van der Waals surface area (Å²) in [5.41, 5.74) is 19.1. The van der Waals surface area contributed by atoms with Crippen molar-refractivity contribution in [2.24, 2.45) is 0 Å². The Morgan fingerprint density at radius 3 is 0.754 bits per heavy atom. The molecule has 12 aromatic carbocycles. The number of hydrogen-bond acceptors (Lipinski definition) is 21. The second kappa shape index (κ2) is 49.5. The van der Waals surface area contributed by atoms with Crippen LogP contribution in [0.4, 0.5) is 0 Å². The summed E-state index contributed by atoms with van der Waals surface area (Å²) >= 11 is 0. The van der Waals surface area contributed by atoms with Gasteiger partial charge in [0.25, 0.3) is 0 Å². The average molecular weight is 1740 g/mol. The van der Waals surface area contributed by atoms with Crippen LogP contribution in [0.2, 0.25) is 0 Å². The lowest BCUT2D eigenvalue weighted by atomic mass is 9.98. The van der Waals surface area contributed by atoms with Crippen molar-refractivity contribution < 1.29 is 100 Å². The fraction of sp³-hybridized carbons (Fsp3) is 0.101. The highest BCUT2D eigenvalue weighted by Gasteiger charge is 2.16. The third-order valence-corrected chi connectivity index (χ3v) is 18.6. The van der Waals surface area contributed by atoms with Crippen molar-refractivity contribution in [2.75, 3.05) is 39.6 Å². The molecule has 0 N–H and O–H groups in total. The Labute approximate surface area is 754 Å². The summed E-state index contributed by atoms with van der Waals surface area (Å²) in [6.07, 6.45) is 4.96. The molecule has 0 heterocycles. The Balaban J connectivity index is 0.000000195. The van der Waals surface area contributed by atoms with Gasteiger partial charge in [-0.2, -0.15) is 0 Å². The SMILES string of the molecule is C=CC(=O)OCC(=O)Oc1ccc(-c2cccc(-c3ccc(OC(=O)C(=C)C)cc3)c2)cc1.C=CC(=O)OCCOC(=O)c1ccc(-c2cccc(-c3ccc(OC(=O)C(=C)C)cc3)c2)cc1.C=CC(=O)OCCOc1ccc(-c2cccc(-c3ccc(OC(=O)C(=C)C)cc3)c2)cc1.C=CC(=O)OCCc1ccc(-c2cccc(-c3ccc(OC(=O)C(=C)C)cc3)c2)cc1. The van der Waals surface area contributed by atoms with Gasteiger partial charge < -0.3 is 52.1 Å². The number of esters is 10. The van der Waals surface area contributed by atoms with E-state index in [2.05, 4.69) is 87.7 Å². The first-order chi connectivity index (χ1) is 62.6. The van der Waals surface area contributed by atoms with Crippen molar-refractivity contribution in [3.05, 3.63) is 402 Å². The van der Waals surface area contributed by atoms with Crippen LogP contribution in [0.1, 0.15) is 43.6 Å². The summed E-state index contributed by atoms with van der Waals surface area (Å²) < 4.78 is 56.1. The maximum absolute atomic E-state index is 12.2. The third kappa shape index (κ3) is 31.1. The lowest BCUT2D eigenvalue weighted by Crippen LogP contribution is -2.17. The minimum Gasteiger partial charge on any atom is -0.490 e. The van der Waals surface area contributed by atoms with Crippen LogP contribution in [0, 0.1) is 0 Å². The summed E-state index contributed by atoms with van der Waals surface area (Å²) in [7, 11) is 0. The standard InChI is InChI=1S/C28H24O6.C27H22O6.C27H24O5.C27H24O4/c1-4-26(29)32-16-17-33-28(31)22-10-8-20(9-11-22)23-6-5-7-24(18-23)21-12-14-25(15-13-21)34-27(30)19(2)3;1-4-25(28)31-17-26(29)32-23-12-8-19(9-13-23)21-6-5-7-22(16-21)20-10-14-24(15-11-20)33-27(30)18(2)3;1-4-26(28)31-17-16-30-24-12-8-20(9-13-24)22-6-5-7-23(18-22)21-10-14-25(15-11-21)32-27(29)19(2)3;1-4-26(28)30-17-16-20-8-10-21(11-9-20)23-6-5-7-24(18-23)22-12-14-25(15-13-22)31-27(29)19(2)3/h4-15,18H,1-2,16-17H2,3H3;4-16H,1-2,17H2,3H3;4-15,18H,1-2,16-17H2,3H3;4-15,18H,1-2,16-17H2,3H3. The van der Waals surface area contributed by atoms with E-state index in [9.17, 15) is 47.9 Å². The van der Waals surface area contributed by atoms with Crippen molar-refractivity contribution in [3.8, 4) is 124 Å². The minimum absolute atomic E-state index is 0.0290. The van der Waals surface area contributed by atoms with E-state index in [0.717, 1.165) is 113 Å². The van der Waals surface area contributed by atoms with Crippen molar-refractivity contribution in [1.82, 2.24) is 0 Å². The molecule has 0 spiro atoms. The molecule has 0 fully saturated rings.